The highest BCUT2D eigenvalue weighted by atomic mass is 15.2. The monoisotopic (exact) mass is 275 g/mol. The Morgan fingerprint density at radius 3 is 2.90 bits per heavy atom. The van der Waals surface area contributed by atoms with Crippen molar-refractivity contribution in [1.29, 1.82) is 0 Å². The summed E-state index contributed by atoms with van der Waals surface area (Å²) < 4.78 is 0. The van der Waals surface area contributed by atoms with E-state index >= 15 is 0 Å². The summed E-state index contributed by atoms with van der Waals surface area (Å²) in [4.78, 5) is 7.17. The van der Waals surface area contributed by atoms with Gasteiger partial charge in [-0.05, 0) is 55.3 Å². The molecule has 0 aromatic carbocycles. The fraction of sp³-hybridized carbons (Fsp3) is 0.706. The van der Waals surface area contributed by atoms with E-state index in [1.165, 1.54) is 29.8 Å². The maximum atomic E-state index is 4.72. The molecule has 0 amide bonds. The van der Waals surface area contributed by atoms with Gasteiger partial charge >= 0.3 is 0 Å². The highest BCUT2D eigenvalue weighted by Crippen LogP contribution is 2.24. The highest BCUT2D eigenvalue weighted by molar-refractivity contribution is 5.47. The van der Waals surface area contributed by atoms with Crippen LogP contribution in [0.15, 0.2) is 12.3 Å². The number of aryl methyl sites for hydroxylation is 1. The van der Waals surface area contributed by atoms with E-state index in [2.05, 4.69) is 44.0 Å². The van der Waals surface area contributed by atoms with E-state index in [4.69, 9.17) is 4.98 Å². The third-order valence-corrected chi connectivity index (χ3v) is 3.95. The zero-order valence-electron chi connectivity index (χ0n) is 13.4. The van der Waals surface area contributed by atoms with Crippen molar-refractivity contribution in [2.24, 2.45) is 11.8 Å². The van der Waals surface area contributed by atoms with Gasteiger partial charge in [-0.2, -0.15) is 0 Å². The number of piperidine rings is 1. The summed E-state index contributed by atoms with van der Waals surface area (Å²) in [6.07, 6.45) is 4.68. The Balaban J connectivity index is 1.98. The Morgan fingerprint density at radius 2 is 2.25 bits per heavy atom. The normalized spacial score (nSPS) is 19.6. The summed E-state index contributed by atoms with van der Waals surface area (Å²) in [6, 6.07) is 2.29. The van der Waals surface area contributed by atoms with Crippen LogP contribution < -0.4 is 10.2 Å². The predicted octanol–water partition coefficient (Wildman–Crippen LogP) is 3.37. The van der Waals surface area contributed by atoms with Gasteiger partial charge in [0.1, 0.15) is 5.82 Å². The molecule has 1 atom stereocenters. The quantitative estimate of drug-likeness (QED) is 0.893. The van der Waals surface area contributed by atoms with Crippen molar-refractivity contribution in [3.05, 3.63) is 23.4 Å². The molecule has 1 aromatic heterocycles. The van der Waals surface area contributed by atoms with Gasteiger partial charge in [-0.1, -0.05) is 20.8 Å². The summed E-state index contributed by atoms with van der Waals surface area (Å²) in [5.41, 5.74) is 2.60. The lowest BCUT2D eigenvalue weighted by atomic mass is 10.00. The average Bonchev–Trinajstić information content (AvgIpc) is 2.38. The first-order valence-electron chi connectivity index (χ1n) is 7.97. The molecule has 1 aliphatic heterocycles. The minimum atomic E-state index is 0.693. The van der Waals surface area contributed by atoms with E-state index in [1.54, 1.807) is 0 Å². The Labute approximate surface area is 123 Å². The second kappa shape index (κ2) is 7.07. The number of hydrogen-bond donors (Lipinski definition) is 1. The van der Waals surface area contributed by atoms with E-state index in [-0.39, 0.29) is 0 Å². The molecular weight excluding hydrogens is 246 g/mol. The van der Waals surface area contributed by atoms with Crippen LogP contribution in [-0.2, 0) is 6.54 Å². The van der Waals surface area contributed by atoms with Crippen LogP contribution in [0.25, 0.3) is 0 Å². The van der Waals surface area contributed by atoms with Crippen molar-refractivity contribution < 1.29 is 0 Å². The summed E-state index contributed by atoms with van der Waals surface area (Å²) in [5, 5.41) is 3.48. The van der Waals surface area contributed by atoms with Crippen molar-refractivity contribution in [2.75, 3.05) is 24.5 Å². The van der Waals surface area contributed by atoms with Crippen molar-refractivity contribution in [3.8, 4) is 0 Å². The Bertz CT molecular complexity index is 428. The van der Waals surface area contributed by atoms with E-state index in [0.717, 1.165) is 32.1 Å². The van der Waals surface area contributed by atoms with Crippen LogP contribution in [0.4, 0.5) is 5.82 Å². The second-order valence-corrected chi connectivity index (χ2v) is 6.70. The number of aromatic nitrogens is 1. The maximum absolute atomic E-state index is 4.72. The number of nitrogens with zero attached hydrogens (tertiary/aromatic N) is 2. The van der Waals surface area contributed by atoms with Crippen LogP contribution in [0.3, 0.4) is 0 Å². The molecule has 0 spiro atoms. The summed E-state index contributed by atoms with van der Waals surface area (Å²) in [5.74, 6) is 2.67. The van der Waals surface area contributed by atoms with Gasteiger partial charge in [-0.3, -0.25) is 0 Å². The number of anilines is 1. The number of pyridine rings is 1. The first-order valence-corrected chi connectivity index (χ1v) is 7.97. The van der Waals surface area contributed by atoms with Gasteiger partial charge in [0.2, 0.25) is 0 Å². The molecule has 0 radical (unpaired) electrons. The zero-order chi connectivity index (χ0) is 14.5. The van der Waals surface area contributed by atoms with Crippen LogP contribution in [0, 0.1) is 18.8 Å². The first kappa shape index (κ1) is 15.3. The van der Waals surface area contributed by atoms with Crippen LogP contribution in [0.5, 0.6) is 0 Å². The van der Waals surface area contributed by atoms with E-state index in [0.29, 0.717) is 5.92 Å². The minimum Gasteiger partial charge on any atom is -0.356 e. The molecule has 2 rings (SSSR count). The zero-order valence-corrected chi connectivity index (χ0v) is 13.4. The fourth-order valence-corrected chi connectivity index (χ4v) is 2.94. The minimum absolute atomic E-state index is 0.693. The molecule has 2 heterocycles. The summed E-state index contributed by atoms with van der Waals surface area (Å²) in [6.45, 7) is 13.3. The van der Waals surface area contributed by atoms with Gasteiger partial charge in [0.25, 0.3) is 0 Å². The van der Waals surface area contributed by atoms with Crippen LogP contribution in [0.2, 0.25) is 0 Å². The largest absolute Gasteiger partial charge is 0.356 e. The molecular formula is C17H29N3. The lowest BCUT2D eigenvalue weighted by molar-refractivity contribution is 0.444. The van der Waals surface area contributed by atoms with Gasteiger partial charge < -0.3 is 10.2 Å². The molecule has 112 valence electrons. The number of nitrogens with one attached hydrogen (secondary N) is 1. The van der Waals surface area contributed by atoms with Gasteiger partial charge in [0.15, 0.2) is 0 Å². The molecule has 0 bridgehead atoms. The third-order valence-electron chi connectivity index (χ3n) is 3.95. The topological polar surface area (TPSA) is 28.2 Å². The summed E-state index contributed by atoms with van der Waals surface area (Å²) >= 11 is 0. The second-order valence-electron chi connectivity index (χ2n) is 6.70. The van der Waals surface area contributed by atoms with Crippen LogP contribution in [-0.4, -0.2) is 24.6 Å². The van der Waals surface area contributed by atoms with Crippen molar-refractivity contribution in [2.45, 2.75) is 47.1 Å². The van der Waals surface area contributed by atoms with E-state index in [1.807, 2.05) is 6.20 Å². The third kappa shape index (κ3) is 4.20. The van der Waals surface area contributed by atoms with Gasteiger partial charge in [0.05, 0.1) is 0 Å². The van der Waals surface area contributed by atoms with Gasteiger partial charge in [-0.15, -0.1) is 0 Å². The van der Waals surface area contributed by atoms with Gasteiger partial charge in [0, 0.05) is 25.8 Å². The Morgan fingerprint density at radius 1 is 1.45 bits per heavy atom. The average molecular weight is 275 g/mol. The van der Waals surface area contributed by atoms with E-state index < -0.39 is 0 Å². The van der Waals surface area contributed by atoms with Crippen molar-refractivity contribution >= 4 is 5.82 Å². The molecule has 0 saturated carbocycles. The molecule has 3 heteroatoms. The van der Waals surface area contributed by atoms with Crippen molar-refractivity contribution in [1.82, 2.24) is 10.3 Å². The van der Waals surface area contributed by atoms with Crippen LogP contribution >= 0.6 is 0 Å². The molecule has 0 aliphatic carbocycles. The molecule has 1 unspecified atom stereocenters. The van der Waals surface area contributed by atoms with Gasteiger partial charge in [-0.25, -0.2) is 4.98 Å². The lowest BCUT2D eigenvalue weighted by Gasteiger charge is -2.32. The van der Waals surface area contributed by atoms with E-state index in [9.17, 15) is 0 Å². The maximum Gasteiger partial charge on any atom is 0.131 e. The number of rotatable bonds is 5. The Hall–Kier alpha value is -1.09. The highest BCUT2D eigenvalue weighted by Gasteiger charge is 2.18. The molecule has 1 saturated heterocycles. The molecule has 1 N–H and O–H groups in total. The Kier molecular flexibility index (Phi) is 5.41. The first-order chi connectivity index (χ1) is 9.56. The SMILES string of the molecule is Cc1cc(CNCC(C)C)cnc1N1CCCC(C)C1. The molecule has 1 aromatic rings. The predicted molar refractivity (Wildman–Crippen MR) is 86.1 cm³/mol. The number of hydrogen-bond acceptors (Lipinski definition) is 3. The standard InChI is InChI=1S/C17H29N3/c1-13(2)9-18-10-16-8-15(4)17(19-11-16)20-7-5-6-14(3)12-20/h8,11,13-14,18H,5-7,9-10,12H2,1-4H3. The fourth-order valence-electron chi connectivity index (χ4n) is 2.94. The smallest absolute Gasteiger partial charge is 0.131 e. The van der Waals surface area contributed by atoms with Crippen LogP contribution in [0.1, 0.15) is 44.7 Å². The molecule has 20 heavy (non-hydrogen) atoms. The summed E-state index contributed by atoms with van der Waals surface area (Å²) in [7, 11) is 0. The van der Waals surface area contributed by atoms with Crippen molar-refractivity contribution in [3.63, 3.8) is 0 Å². The molecule has 3 nitrogen and oxygen atoms in total. The lowest BCUT2D eigenvalue weighted by Crippen LogP contribution is -2.35. The molecule has 1 fully saturated rings. The molecule has 1 aliphatic rings.